The van der Waals surface area contributed by atoms with Gasteiger partial charge in [-0.1, -0.05) is 25.3 Å². The summed E-state index contributed by atoms with van der Waals surface area (Å²) >= 11 is 0. The lowest BCUT2D eigenvalue weighted by Crippen LogP contribution is -2.44. The molecular formula is C16H24N2O3. The van der Waals surface area contributed by atoms with Crippen LogP contribution in [0.15, 0.2) is 24.3 Å². The van der Waals surface area contributed by atoms with Crippen molar-refractivity contribution in [2.45, 2.75) is 37.7 Å². The van der Waals surface area contributed by atoms with Crippen molar-refractivity contribution in [1.29, 1.82) is 0 Å². The fourth-order valence-electron chi connectivity index (χ4n) is 2.70. The van der Waals surface area contributed by atoms with Crippen LogP contribution in [0, 0.1) is 0 Å². The van der Waals surface area contributed by atoms with Crippen molar-refractivity contribution in [2.75, 3.05) is 25.5 Å². The van der Waals surface area contributed by atoms with E-state index in [-0.39, 0.29) is 12.5 Å². The normalized spacial score (nSPS) is 17.2. The predicted molar refractivity (Wildman–Crippen MR) is 82.5 cm³/mol. The van der Waals surface area contributed by atoms with Gasteiger partial charge >= 0.3 is 0 Å². The van der Waals surface area contributed by atoms with Crippen molar-refractivity contribution in [2.24, 2.45) is 0 Å². The third-order valence-electron chi connectivity index (χ3n) is 3.88. The summed E-state index contributed by atoms with van der Waals surface area (Å²) in [5.74, 6) is 0.583. The second-order valence-corrected chi connectivity index (χ2v) is 5.67. The number of hydrogen-bond acceptors (Lipinski definition) is 4. The highest BCUT2D eigenvalue weighted by atomic mass is 16.5. The van der Waals surface area contributed by atoms with Crippen LogP contribution in [0.2, 0.25) is 0 Å². The number of carbonyl (C=O) groups excluding carboxylic acids is 1. The van der Waals surface area contributed by atoms with Gasteiger partial charge in [-0.05, 0) is 25.0 Å². The van der Waals surface area contributed by atoms with E-state index in [4.69, 9.17) is 4.74 Å². The van der Waals surface area contributed by atoms with Crippen molar-refractivity contribution >= 4 is 11.6 Å². The number of anilines is 1. The maximum Gasteiger partial charge on any atom is 0.238 e. The second kappa shape index (κ2) is 7.43. The van der Waals surface area contributed by atoms with Gasteiger partial charge < -0.3 is 20.5 Å². The lowest BCUT2D eigenvalue weighted by atomic mass is 9.85. The minimum absolute atomic E-state index is 0.123. The second-order valence-electron chi connectivity index (χ2n) is 5.67. The Morgan fingerprint density at radius 1 is 1.33 bits per heavy atom. The van der Waals surface area contributed by atoms with Crippen molar-refractivity contribution in [3.8, 4) is 5.75 Å². The number of aliphatic hydroxyl groups is 1. The largest absolute Gasteiger partial charge is 0.497 e. The first-order valence-corrected chi connectivity index (χ1v) is 7.48. The first kappa shape index (κ1) is 15.8. The molecule has 1 fully saturated rings. The number of carbonyl (C=O) groups is 1. The molecule has 5 heteroatoms. The number of ether oxygens (including phenoxy) is 1. The maximum absolute atomic E-state index is 11.9. The van der Waals surface area contributed by atoms with Crippen molar-refractivity contribution in [3.05, 3.63) is 24.3 Å². The summed E-state index contributed by atoms with van der Waals surface area (Å²) < 4.78 is 5.11. The SMILES string of the molecule is COc1cccc(NC(=O)CNCC2(O)CCCCC2)c1. The van der Waals surface area contributed by atoms with E-state index in [1.54, 1.807) is 13.2 Å². The molecule has 1 saturated carbocycles. The first-order chi connectivity index (χ1) is 10.1. The lowest BCUT2D eigenvalue weighted by molar-refractivity contribution is -0.115. The van der Waals surface area contributed by atoms with Gasteiger partial charge in [0, 0.05) is 18.3 Å². The summed E-state index contributed by atoms with van der Waals surface area (Å²) in [6, 6.07) is 7.24. The van der Waals surface area contributed by atoms with Crippen LogP contribution in [0.3, 0.4) is 0 Å². The Bertz CT molecular complexity index is 470. The van der Waals surface area contributed by atoms with Gasteiger partial charge in [0.2, 0.25) is 5.91 Å². The molecule has 5 nitrogen and oxygen atoms in total. The summed E-state index contributed by atoms with van der Waals surface area (Å²) in [7, 11) is 1.59. The van der Waals surface area contributed by atoms with Crippen molar-refractivity contribution < 1.29 is 14.6 Å². The van der Waals surface area contributed by atoms with Crippen LogP contribution in [-0.2, 0) is 4.79 Å². The predicted octanol–water partition coefficient (Wildman–Crippen LogP) is 1.92. The first-order valence-electron chi connectivity index (χ1n) is 7.48. The Morgan fingerprint density at radius 3 is 2.81 bits per heavy atom. The van der Waals surface area contributed by atoms with E-state index in [0.717, 1.165) is 25.7 Å². The third kappa shape index (κ3) is 5.02. The van der Waals surface area contributed by atoms with E-state index < -0.39 is 5.60 Å². The molecule has 1 aliphatic carbocycles. The van der Waals surface area contributed by atoms with E-state index in [0.29, 0.717) is 18.0 Å². The van der Waals surface area contributed by atoms with Gasteiger partial charge in [-0.3, -0.25) is 4.79 Å². The number of benzene rings is 1. The standard InChI is InChI=1S/C16H24N2O3/c1-21-14-7-5-6-13(10-14)18-15(19)11-17-12-16(20)8-3-2-4-9-16/h5-7,10,17,20H,2-4,8-9,11-12H2,1H3,(H,18,19). The van der Waals surface area contributed by atoms with Crippen LogP contribution < -0.4 is 15.4 Å². The van der Waals surface area contributed by atoms with Crippen LogP contribution in [-0.4, -0.2) is 36.8 Å². The monoisotopic (exact) mass is 292 g/mol. The molecule has 0 radical (unpaired) electrons. The third-order valence-corrected chi connectivity index (χ3v) is 3.88. The molecule has 1 aromatic carbocycles. The molecule has 1 aromatic rings. The summed E-state index contributed by atoms with van der Waals surface area (Å²) in [6.07, 6.45) is 4.95. The van der Waals surface area contributed by atoms with Crippen LogP contribution in [0.25, 0.3) is 0 Å². The zero-order valence-corrected chi connectivity index (χ0v) is 12.5. The van der Waals surface area contributed by atoms with Crippen LogP contribution in [0.5, 0.6) is 5.75 Å². The number of methoxy groups -OCH3 is 1. The number of nitrogens with one attached hydrogen (secondary N) is 2. The van der Waals surface area contributed by atoms with Gasteiger partial charge in [0.25, 0.3) is 0 Å². The molecule has 21 heavy (non-hydrogen) atoms. The fourth-order valence-corrected chi connectivity index (χ4v) is 2.70. The number of rotatable bonds is 6. The highest BCUT2D eigenvalue weighted by Crippen LogP contribution is 2.27. The Balaban J connectivity index is 1.74. The summed E-state index contributed by atoms with van der Waals surface area (Å²) in [6.45, 7) is 0.665. The quantitative estimate of drug-likeness (QED) is 0.749. The zero-order chi connectivity index (χ0) is 15.1. The topological polar surface area (TPSA) is 70.6 Å². The van der Waals surface area contributed by atoms with Gasteiger partial charge in [0.05, 0.1) is 19.3 Å². The average Bonchev–Trinajstić information content (AvgIpc) is 2.48. The number of amides is 1. The molecular weight excluding hydrogens is 268 g/mol. The molecule has 0 atom stereocenters. The molecule has 0 spiro atoms. The molecule has 2 rings (SSSR count). The fraction of sp³-hybridized carbons (Fsp3) is 0.562. The van der Waals surface area contributed by atoms with Gasteiger partial charge in [-0.15, -0.1) is 0 Å². The highest BCUT2D eigenvalue weighted by Gasteiger charge is 2.28. The van der Waals surface area contributed by atoms with E-state index >= 15 is 0 Å². The molecule has 3 N–H and O–H groups in total. The van der Waals surface area contributed by atoms with E-state index in [2.05, 4.69) is 10.6 Å². The molecule has 0 heterocycles. The van der Waals surface area contributed by atoms with E-state index in [9.17, 15) is 9.90 Å². The average molecular weight is 292 g/mol. The smallest absolute Gasteiger partial charge is 0.238 e. The molecule has 1 aliphatic rings. The summed E-state index contributed by atoms with van der Waals surface area (Å²) in [5, 5.41) is 16.2. The van der Waals surface area contributed by atoms with Crippen molar-refractivity contribution in [1.82, 2.24) is 5.32 Å². The Labute approximate surface area is 125 Å². The molecule has 116 valence electrons. The van der Waals surface area contributed by atoms with Gasteiger partial charge in [-0.25, -0.2) is 0 Å². The van der Waals surface area contributed by atoms with Crippen LogP contribution >= 0.6 is 0 Å². The molecule has 0 aliphatic heterocycles. The van der Waals surface area contributed by atoms with E-state index in [1.165, 1.54) is 6.42 Å². The molecule has 0 saturated heterocycles. The van der Waals surface area contributed by atoms with Gasteiger partial charge in [0.1, 0.15) is 5.75 Å². The summed E-state index contributed by atoms with van der Waals surface area (Å²) in [5.41, 5.74) is 0.0617. The minimum Gasteiger partial charge on any atom is -0.497 e. The van der Waals surface area contributed by atoms with Gasteiger partial charge in [0.15, 0.2) is 0 Å². The molecule has 0 unspecified atom stereocenters. The maximum atomic E-state index is 11.9. The lowest BCUT2D eigenvalue weighted by Gasteiger charge is -2.32. The van der Waals surface area contributed by atoms with Crippen molar-refractivity contribution in [3.63, 3.8) is 0 Å². The Hall–Kier alpha value is -1.59. The Kier molecular flexibility index (Phi) is 5.59. The summed E-state index contributed by atoms with van der Waals surface area (Å²) in [4.78, 5) is 11.9. The van der Waals surface area contributed by atoms with Crippen LogP contribution in [0.4, 0.5) is 5.69 Å². The number of hydrogen-bond donors (Lipinski definition) is 3. The zero-order valence-electron chi connectivity index (χ0n) is 12.5. The van der Waals surface area contributed by atoms with Gasteiger partial charge in [-0.2, -0.15) is 0 Å². The van der Waals surface area contributed by atoms with Crippen LogP contribution in [0.1, 0.15) is 32.1 Å². The molecule has 0 aromatic heterocycles. The minimum atomic E-state index is -0.644. The van der Waals surface area contributed by atoms with E-state index in [1.807, 2.05) is 18.2 Å². The highest BCUT2D eigenvalue weighted by molar-refractivity contribution is 5.92. The molecule has 0 bridgehead atoms. The molecule has 1 amide bonds. The Morgan fingerprint density at radius 2 is 2.10 bits per heavy atom.